The monoisotopic (exact) mass is 699 g/mol. The molecule has 0 saturated carbocycles. The Morgan fingerprint density at radius 1 is 0.218 bits per heavy atom. The first-order chi connectivity index (χ1) is 27.3. The predicted octanol–water partition coefficient (Wildman–Crippen LogP) is 15.3. The predicted molar refractivity (Wildman–Crippen MR) is 235 cm³/mol. The summed E-state index contributed by atoms with van der Waals surface area (Å²) in [4.78, 5) is 2.38. The molecule has 10 rings (SSSR count). The Hall–Kier alpha value is -7.22. The van der Waals surface area contributed by atoms with Crippen LogP contribution in [-0.2, 0) is 0 Å². The van der Waals surface area contributed by atoms with Crippen LogP contribution in [0.25, 0.3) is 76.8 Å². The van der Waals surface area contributed by atoms with Gasteiger partial charge in [0, 0.05) is 17.1 Å². The number of benzene rings is 10. The maximum absolute atomic E-state index is 2.38. The van der Waals surface area contributed by atoms with Crippen molar-refractivity contribution in [1.29, 1.82) is 0 Å². The van der Waals surface area contributed by atoms with Crippen LogP contribution in [0.4, 0.5) is 17.1 Å². The van der Waals surface area contributed by atoms with Gasteiger partial charge in [0.05, 0.1) is 0 Å². The van der Waals surface area contributed by atoms with Crippen LogP contribution in [0.2, 0.25) is 0 Å². The molecule has 0 radical (unpaired) electrons. The highest BCUT2D eigenvalue weighted by atomic mass is 15.1. The van der Waals surface area contributed by atoms with Crippen molar-refractivity contribution in [1.82, 2.24) is 0 Å². The van der Waals surface area contributed by atoms with E-state index in [4.69, 9.17) is 0 Å². The molecule has 1 nitrogen and oxygen atoms in total. The largest absolute Gasteiger partial charge is 0.310 e. The summed E-state index contributed by atoms with van der Waals surface area (Å²) in [5.74, 6) is 0. The van der Waals surface area contributed by atoms with Gasteiger partial charge in [-0.25, -0.2) is 0 Å². The third-order valence-corrected chi connectivity index (χ3v) is 10.8. The number of rotatable bonds is 7. The Bertz CT molecular complexity index is 2970. The van der Waals surface area contributed by atoms with E-state index in [-0.39, 0.29) is 0 Å². The van der Waals surface area contributed by atoms with Gasteiger partial charge in [-0.2, -0.15) is 0 Å². The van der Waals surface area contributed by atoms with Gasteiger partial charge in [0.25, 0.3) is 0 Å². The molecule has 10 aromatic carbocycles. The fourth-order valence-corrected chi connectivity index (χ4v) is 8.14. The first-order valence-corrected chi connectivity index (χ1v) is 18.9. The minimum atomic E-state index is 1.10. The molecule has 0 N–H and O–H groups in total. The molecule has 0 unspecified atom stereocenters. The van der Waals surface area contributed by atoms with Gasteiger partial charge < -0.3 is 4.90 Å². The van der Waals surface area contributed by atoms with Crippen molar-refractivity contribution >= 4 is 49.4 Å². The molecule has 10 aromatic rings. The Morgan fingerprint density at radius 3 is 1.51 bits per heavy atom. The zero-order valence-corrected chi connectivity index (χ0v) is 30.3. The second kappa shape index (κ2) is 14.0. The van der Waals surface area contributed by atoms with Crippen LogP contribution in [0.3, 0.4) is 0 Å². The van der Waals surface area contributed by atoms with Crippen LogP contribution in [0, 0.1) is 0 Å². The zero-order chi connectivity index (χ0) is 36.6. The van der Waals surface area contributed by atoms with Gasteiger partial charge in [-0.3, -0.25) is 0 Å². The molecule has 0 amide bonds. The summed E-state index contributed by atoms with van der Waals surface area (Å²) in [7, 11) is 0. The highest BCUT2D eigenvalue weighted by molar-refractivity contribution is 6.08. The molecule has 0 fully saturated rings. The van der Waals surface area contributed by atoms with Crippen LogP contribution in [0.15, 0.2) is 224 Å². The maximum atomic E-state index is 2.38. The van der Waals surface area contributed by atoms with Gasteiger partial charge >= 0.3 is 0 Å². The summed E-state index contributed by atoms with van der Waals surface area (Å²) < 4.78 is 0. The van der Waals surface area contributed by atoms with E-state index < -0.39 is 0 Å². The van der Waals surface area contributed by atoms with Crippen molar-refractivity contribution in [2.24, 2.45) is 0 Å². The topological polar surface area (TPSA) is 3.24 Å². The first kappa shape index (κ1) is 32.4. The number of hydrogen-bond donors (Lipinski definition) is 0. The lowest BCUT2D eigenvalue weighted by Crippen LogP contribution is -2.10. The van der Waals surface area contributed by atoms with Gasteiger partial charge in [-0.15, -0.1) is 0 Å². The molecule has 0 aromatic heterocycles. The van der Waals surface area contributed by atoms with E-state index in [1.807, 2.05) is 0 Å². The summed E-state index contributed by atoms with van der Waals surface area (Å²) >= 11 is 0. The number of nitrogens with zero attached hydrogens (tertiary/aromatic N) is 1. The SMILES string of the molecule is c1ccc(-c2cccc(N(c3ccc(-c4ccc5c(ccc6ccccc65)c4)cc3)c3cccc(-c4ccccc4-c4cccc5ccccc45)c3)c2)cc1. The molecule has 0 aliphatic rings. The van der Waals surface area contributed by atoms with E-state index in [1.165, 1.54) is 76.8 Å². The van der Waals surface area contributed by atoms with Gasteiger partial charge in [-0.05, 0) is 119 Å². The van der Waals surface area contributed by atoms with E-state index in [2.05, 4.69) is 229 Å². The quantitative estimate of drug-likeness (QED) is 0.150. The second-order valence-corrected chi connectivity index (χ2v) is 14.1. The van der Waals surface area contributed by atoms with Crippen molar-refractivity contribution in [2.45, 2.75) is 0 Å². The average molecular weight is 700 g/mol. The van der Waals surface area contributed by atoms with E-state index in [1.54, 1.807) is 0 Å². The van der Waals surface area contributed by atoms with Crippen molar-refractivity contribution in [3.8, 4) is 44.5 Å². The van der Waals surface area contributed by atoms with Crippen LogP contribution >= 0.6 is 0 Å². The number of fused-ring (bicyclic) bond motifs is 4. The Labute approximate surface area is 322 Å². The fraction of sp³-hybridized carbons (Fsp3) is 0. The Kier molecular flexibility index (Phi) is 8.24. The van der Waals surface area contributed by atoms with Crippen LogP contribution in [0.5, 0.6) is 0 Å². The second-order valence-electron chi connectivity index (χ2n) is 14.1. The molecule has 0 heterocycles. The van der Waals surface area contributed by atoms with Crippen molar-refractivity contribution in [2.75, 3.05) is 4.90 Å². The molecular formula is C54H37N. The molecule has 0 aliphatic heterocycles. The van der Waals surface area contributed by atoms with E-state index in [0.29, 0.717) is 0 Å². The lowest BCUT2D eigenvalue weighted by atomic mass is 9.91. The summed E-state index contributed by atoms with van der Waals surface area (Å²) in [6, 6.07) is 81.4. The van der Waals surface area contributed by atoms with E-state index in [0.717, 1.165) is 17.1 Å². The molecule has 0 spiro atoms. The summed E-state index contributed by atoms with van der Waals surface area (Å²) in [6.45, 7) is 0. The van der Waals surface area contributed by atoms with Gasteiger partial charge in [0.1, 0.15) is 0 Å². The molecule has 0 saturated heterocycles. The summed E-state index contributed by atoms with van der Waals surface area (Å²) in [6.07, 6.45) is 0. The minimum absolute atomic E-state index is 1.10. The van der Waals surface area contributed by atoms with Gasteiger partial charge in [-0.1, -0.05) is 182 Å². The van der Waals surface area contributed by atoms with Crippen molar-refractivity contribution < 1.29 is 0 Å². The summed E-state index contributed by atoms with van der Waals surface area (Å²) in [5, 5.41) is 7.59. The average Bonchev–Trinajstić information content (AvgIpc) is 3.27. The first-order valence-electron chi connectivity index (χ1n) is 18.9. The van der Waals surface area contributed by atoms with Crippen LogP contribution in [-0.4, -0.2) is 0 Å². The number of hydrogen-bond acceptors (Lipinski definition) is 1. The Morgan fingerprint density at radius 2 is 0.709 bits per heavy atom. The zero-order valence-electron chi connectivity index (χ0n) is 30.3. The van der Waals surface area contributed by atoms with E-state index in [9.17, 15) is 0 Å². The molecule has 258 valence electrons. The van der Waals surface area contributed by atoms with Gasteiger partial charge in [0.15, 0.2) is 0 Å². The molecule has 1 heteroatoms. The highest BCUT2D eigenvalue weighted by Crippen LogP contribution is 2.42. The van der Waals surface area contributed by atoms with Crippen molar-refractivity contribution in [3.05, 3.63) is 224 Å². The van der Waals surface area contributed by atoms with Crippen LogP contribution < -0.4 is 4.90 Å². The van der Waals surface area contributed by atoms with Crippen molar-refractivity contribution in [3.63, 3.8) is 0 Å². The minimum Gasteiger partial charge on any atom is -0.310 e. The van der Waals surface area contributed by atoms with E-state index >= 15 is 0 Å². The highest BCUT2D eigenvalue weighted by Gasteiger charge is 2.17. The molecule has 55 heavy (non-hydrogen) atoms. The lowest BCUT2D eigenvalue weighted by Gasteiger charge is -2.27. The lowest BCUT2D eigenvalue weighted by molar-refractivity contribution is 1.28. The molecular weight excluding hydrogens is 663 g/mol. The maximum Gasteiger partial charge on any atom is 0.0467 e. The standard InChI is InChI=1S/C54H37N/c1-2-13-38(14-3-1)42-18-10-20-47(36-42)55(46-32-29-39(30-33-46)43-31-34-52-45(35-43)28-27-41-16-5-6-22-49(41)52)48-21-11-19-44(37-48)51-24-8-9-25-53(51)54-26-12-17-40-15-4-7-23-50(40)54/h1-37H. The molecule has 0 bridgehead atoms. The van der Waals surface area contributed by atoms with Gasteiger partial charge in [0.2, 0.25) is 0 Å². The van der Waals surface area contributed by atoms with Crippen LogP contribution in [0.1, 0.15) is 0 Å². The normalized spacial score (nSPS) is 11.3. The fourth-order valence-electron chi connectivity index (χ4n) is 8.14. The third-order valence-electron chi connectivity index (χ3n) is 10.8. The summed E-state index contributed by atoms with van der Waals surface area (Å²) in [5.41, 5.74) is 12.9. The Balaban J connectivity index is 1.08. The molecule has 0 atom stereocenters. The number of anilines is 3. The molecule has 0 aliphatic carbocycles. The smallest absolute Gasteiger partial charge is 0.0467 e. The third kappa shape index (κ3) is 6.12.